The highest BCUT2D eigenvalue weighted by Gasteiger charge is 2.41. The van der Waals surface area contributed by atoms with E-state index in [0.29, 0.717) is 0 Å². The first-order valence-electron chi connectivity index (χ1n) is 9.69. The van der Waals surface area contributed by atoms with E-state index in [1.807, 2.05) is 6.07 Å². The van der Waals surface area contributed by atoms with Crippen LogP contribution in [0, 0.1) is 23.2 Å². The fraction of sp³-hybridized carbons (Fsp3) is 0.318. The summed E-state index contributed by atoms with van der Waals surface area (Å²) in [4.78, 5) is 48.9. The second-order valence-corrected chi connectivity index (χ2v) is 7.38. The molecule has 0 radical (unpaired) electrons. The molecular weight excluding hydrogens is 434 g/mol. The molecule has 0 spiro atoms. The number of amides is 1. The number of nitrogens with one attached hydrogen (secondary N) is 2. The minimum absolute atomic E-state index is 0.0220. The third kappa shape index (κ3) is 6.29. The first kappa shape index (κ1) is 24.8. The molecule has 1 heterocycles. The van der Waals surface area contributed by atoms with Crippen molar-refractivity contribution in [2.24, 2.45) is 11.8 Å². The highest BCUT2D eigenvalue weighted by molar-refractivity contribution is 7.96. The summed E-state index contributed by atoms with van der Waals surface area (Å²) >= 11 is 3.79. The number of anilines is 1. The minimum atomic E-state index is -1.12. The van der Waals surface area contributed by atoms with E-state index >= 15 is 0 Å². The molecule has 2 rings (SSSR count). The predicted octanol–water partition coefficient (Wildman–Crippen LogP) is 1.62. The molecule has 1 unspecified atom stereocenters. The first-order chi connectivity index (χ1) is 15.3. The number of nitriles is 1. The highest BCUT2D eigenvalue weighted by Crippen LogP contribution is 2.27. The normalized spacial score (nSPS) is 18.0. The summed E-state index contributed by atoms with van der Waals surface area (Å²) in [7, 11) is 0. The molecule has 9 nitrogen and oxygen atoms in total. The monoisotopic (exact) mass is 457 g/mol. The molecule has 32 heavy (non-hydrogen) atoms. The molecule has 1 aromatic carbocycles. The summed E-state index contributed by atoms with van der Waals surface area (Å²) in [5, 5.41) is 14.3. The van der Waals surface area contributed by atoms with Gasteiger partial charge in [0.25, 0.3) is 0 Å². The zero-order valence-electron chi connectivity index (χ0n) is 17.2. The van der Waals surface area contributed by atoms with E-state index in [-0.39, 0.29) is 43.0 Å². The van der Waals surface area contributed by atoms with Crippen molar-refractivity contribution in [1.82, 2.24) is 5.32 Å². The maximum Gasteiger partial charge on any atom is 0.338 e. The molecule has 1 aromatic rings. The lowest BCUT2D eigenvalue weighted by Crippen LogP contribution is -2.35. The summed E-state index contributed by atoms with van der Waals surface area (Å²) in [6.45, 7) is 7.12. The van der Waals surface area contributed by atoms with Gasteiger partial charge in [-0.2, -0.15) is 5.26 Å². The third-order valence-electron chi connectivity index (χ3n) is 4.78. The second kappa shape index (κ2) is 11.8. The molecule has 0 aliphatic carbocycles. The van der Waals surface area contributed by atoms with Crippen LogP contribution in [0.5, 0.6) is 0 Å². The quantitative estimate of drug-likeness (QED) is 0.209. The zero-order chi connectivity index (χ0) is 23.7. The van der Waals surface area contributed by atoms with Crippen LogP contribution in [0.3, 0.4) is 0 Å². The Morgan fingerprint density at radius 1 is 1.25 bits per heavy atom. The summed E-state index contributed by atoms with van der Waals surface area (Å²) in [5.41, 5.74) is 0.455. The van der Waals surface area contributed by atoms with E-state index in [0.717, 1.165) is 0 Å². The smallest absolute Gasteiger partial charge is 0.338 e. The standard InChI is InChI=1S/C22H23N3O6S/c1-3-7-30-20(27)13-5-6-14(11-23)16(9-13)25-19(26)17-10-15(12-24-17)18(22(29)32)21(28)31-8-4-2/h3-6,9,15,17-18,24H,1-2,7-8,10,12H2,(H,25,26)(H,29,32)/t15-,17+,18?/m1/s1. The number of carbonyl (C=O) groups is 4. The average molecular weight is 458 g/mol. The molecule has 168 valence electrons. The van der Waals surface area contributed by atoms with Gasteiger partial charge in [0.2, 0.25) is 5.91 Å². The van der Waals surface area contributed by atoms with E-state index in [4.69, 9.17) is 9.47 Å². The topological polar surface area (TPSA) is 135 Å². The molecule has 0 saturated carbocycles. The Labute approximate surface area is 190 Å². The van der Waals surface area contributed by atoms with Gasteiger partial charge in [-0.25, -0.2) is 4.79 Å². The minimum Gasteiger partial charge on any atom is -0.461 e. The number of nitrogens with zero attached hydrogens (tertiary/aromatic N) is 1. The van der Waals surface area contributed by atoms with Crippen LogP contribution in [0.15, 0.2) is 43.5 Å². The number of benzene rings is 1. The van der Waals surface area contributed by atoms with Crippen LogP contribution in [0.25, 0.3) is 0 Å². The van der Waals surface area contributed by atoms with Crippen molar-refractivity contribution in [3.8, 4) is 6.07 Å². The van der Waals surface area contributed by atoms with E-state index in [1.165, 1.54) is 30.4 Å². The molecule has 10 heteroatoms. The lowest BCUT2D eigenvalue weighted by molar-refractivity contribution is -0.151. The predicted molar refractivity (Wildman–Crippen MR) is 119 cm³/mol. The Kier molecular flexibility index (Phi) is 9.19. The molecule has 0 bridgehead atoms. The summed E-state index contributed by atoms with van der Waals surface area (Å²) in [6.07, 6.45) is 2.98. The molecule has 1 saturated heterocycles. The Hall–Kier alpha value is -3.42. The van der Waals surface area contributed by atoms with Crippen LogP contribution in [-0.4, -0.2) is 48.8 Å². The van der Waals surface area contributed by atoms with Crippen LogP contribution in [0.2, 0.25) is 0 Å². The number of thiol groups is 1. The summed E-state index contributed by atoms with van der Waals surface area (Å²) in [6, 6.07) is 5.38. The van der Waals surface area contributed by atoms with Gasteiger partial charge in [0.1, 0.15) is 25.2 Å². The fourth-order valence-electron chi connectivity index (χ4n) is 3.25. The van der Waals surface area contributed by atoms with Crippen molar-refractivity contribution < 1.29 is 28.7 Å². The maximum atomic E-state index is 12.8. The number of hydrogen-bond donors (Lipinski definition) is 3. The number of carbonyl (C=O) groups excluding carboxylic acids is 4. The van der Waals surface area contributed by atoms with Gasteiger partial charge >= 0.3 is 11.9 Å². The number of hydrogen-bond acceptors (Lipinski definition) is 8. The van der Waals surface area contributed by atoms with Crippen molar-refractivity contribution >= 4 is 41.3 Å². The van der Waals surface area contributed by atoms with Gasteiger partial charge < -0.3 is 20.1 Å². The molecule has 2 N–H and O–H groups in total. The van der Waals surface area contributed by atoms with Crippen molar-refractivity contribution in [2.45, 2.75) is 12.5 Å². The lowest BCUT2D eigenvalue weighted by Gasteiger charge is -2.18. The highest BCUT2D eigenvalue weighted by atomic mass is 32.1. The van der Waals surface area contributed by atoms with Gasteiger partial charge in [0, 0.05) is 6.54 Å². The number of esters is 2. The van der Waals surface area contributed by atoms with Crippen molar-refractivity contribution in [3.63, 3.8) is 0 Å². The Balaban J connectivity index is 2.11. The van der Waals surface area contributed by atoms with E-state index in [9.17, 15) is 24.4 Å². The van der Waals surface area contributed by atoms with Crippen molar-refractivity contribution in [3.05, 3.63) is 54.6 Å². The van der Waals surface area contributed by atoms with Crippen molar-refractivity contribution in [2.75, 3.05) is 25.1 Å². The third-order valence-corrected chi connectivity index (χ3v) is 5.06. The van der Waals surface area contributed by atoms with Crippen LogP contribution >= 0.6 is 12.6 Å². The number of rotatable bonds is 10. The second-order valence-electron chi connectivity index (χ2n) is 6.94. The SMILES string of the molecule is C=CCOC(=O)c1ccc(C#N)c(NC(=O)[C@@H]2C[C@@H](C(C(=O)S)C(=O)OCC=C)CN2)c1. The van der Waals surface area contributed by atoms with E-state index in [2.05, 4.69) is 36.4 Å². The van der Waals surface area contributed by atoms with Gasteiger partial charge in [-0.1, -0.05) is 25.3 Å². The van der Waals surface area contributed by atoms with Gasteiger partial charge in [-0.15, -0.1) is 12.6 Å². The lowest BCUT2D eigenvalue weighted by atomic mass is 9.90. The molecule has 1 aliphatic heterocycles. The average Bonchev–Trinajstić information content (AvgIpc) is 3.25. The fourth-order valence-corrected chi connectivity index (χ4v) is 3.57. The Bertz CT molecular complexity index is 971. The first-order valence-corrected chi connectivity index (χ1v) is 10.1. The van der Waals surface area contributed by atoms with Crippen LogP contribution in [0.4, 0.5) is 5.69 Å². The molecular formula is C22H23N3O6S. The largest absolute Gasteiger partial charge is 0.461 e. The summed E-state index contributed by atoms with van der Waals surface area (Å²) in [5.74, 6) is -3.46. The molecule has 1 fully saturated rings. The van der Waals surface area contributed by atoms with Gasteiger partial charge in [-0.05, 0) is 30.5 Å². The molecule has 1 amide bonds. The zero-order valence-corrected chi connectivity index (χ0v) is 18.1. The number of ether oxygens (including phenoxy) is 2. The van der Waals surface area contributed by atoms with Gasteiger partial charge in [0.05, 0.1) is 22.9 Å². The Morgan fingerprint density at radius 3 is 2.56 bits per heavy atom. The Morgan fingerprint density at radius 2 is 1.94 bits per heavy atom. The van der Waals surface area contributed by atoms with E-state index in [1.54, 1.807) is 0 Å². The van der Waals surface area contributed by atoms with E-state index < -0.39 is 40.8 Å². The van der Waals surface area contributed by atoms with Crippen LogP contribution in [-0.2, 0) is 23.9 Å². The van der Waals surface area contributed by atoms with Crippen LogP contribution < -0.4 is 10.6 Å². The molecule has 3 atom stereocenters. The molecule has 1 aliphatic rings. The summed E-state index contributed by atoms with van der Waals surface area (Å²) < 4.78 is 9.94. The molecule has 0 aromatic heterocycles. The van der Waals surface area contributed by atoms with Gasteiger partial charge in [-0.3, -0.25) is 14.4 Å². The van der Waals surface area contributed by atoms with Crippen LogP contribution in [0.1, 0.15) is 22.3 Å². The van der Waals surface area contributed by atoms with Gasteiger partial charge in [0.15, 0.2) is 5.12 Å². The van der Waals surface area contributed by atoms with Crippen molar-refractivity contribution in [1.29, 1.82) is 5.26 Å². The maximum absolute atomic E-state index is 12.8.